The monoisotopic (exact) mass is 284 g/mol. The largest absolute Gasteiger partial charge is 0.384 e. The van der Waals surface area contributed by atoms with Crippen LogP contribution in [-0.4, -0.2) is 36.7 Å². The molecule has 1 aromatic heterocycles. The highest BCUT2D eigenvalue weighted by atomic mass is 32.2. The number of hydrogen-bond acceptors (Lipinski definition) is 5. The fourth-order valence-corrected chi connectivity index (χ4v) is 3.53. The van der Waals surface area contributed by atoms with Crippen molar-refractivity contribution in [3.8, 4) is 0 Å². The van der Waals surface area contributed by atoms with Gasteiger partial charge >= 0.3 is 0 Å². The first kappa shape index (κ1) is 13.8. The Balaban J connectivity index is 2.28. The van der Waals surface area contributed by atoms with E-state index in [4.69, 9.17) is 11.5 Å². The van der Waals surface area contributed by atoms with E-state index < -0.39 is 21.3 Å². The zero-order valence-corrected chi connectivity index (χ0v) is 11.4. The molecule has 1 amide bonds. The van der Waals surface area contributed by atoms with Gasteiger partial charge in [0, 0.05) is 19.3 Å². The molecule has 1 unspecified atom stereocenters. The molecule has 2 heterocycles. The molecule has 0 radical (unpaired) electrons. The first-order valence-electron chi connectivity index (χ1n) is 5.77. The second-order valence-corrected chi connectivity index (χ2v) is 6.87. The maximum atomic E-state index is 12.3. The van der Waals surface area contributed by atoms with Crippen molar-refractivity contribution in [1.82, 2.24) is 9.29 Å². The highest BCUT2D eigenvalue weighted by Crippen LogP contribution is 2.33. The summed E-state index contributed by atoms with van der Waals surface area (Å²) in [5.74, 6) is -0.233. The SMILES string of the molecule is CC1(C(N)=O)CCN(S(=O)(=O)c2ccc(N)nc2)C1. The lowest BCUT2D eigenvalue weighted by atomic mass is 9.89. The quantitative estimate of drug-likeness (QED) is 0.779. The molecule has 8 heteroatoms. The Morgan fingerprint density at radius 2 is 2.16 bits per heavy atom. The number of pyridine rings is 1. The molecule has 1 aliphatic heterocycles. The number of nitrogens with two attached hydrogens (primary N) is 2. The van der Waals surface area contributed by atoms with Gasteiger partial charge in [0.2, 0.25) is 15.9 Å². The van der Waals surface area contributed by atoms with Crippen LogP contribution in [-0.2, 0) is 14.8 Å². The molecule has 0 aromatic carbocycles. The molecule has 0 spiro atoms. The summed E-state index contributed by atoms with van der Waals surface area (Å²) in [6, 6.07) is 2.83. The summed E-state index contributed by atoms with van der Waals surface area (Å²) in [6.07, 6.45) is 1.63. The van der Waals surface area contributed by atoms with Gasteiger partial charge in [0.1, 0.15) is 10.7 Å². The van der Waals surface area contributed by atoms with Crippen molar-refractivity contribution in [2.24, 2.45) is 11.1 Å². The van der Waals surface area contributed by atoms with E-state index in [2.05, 4.69) is 4.98 Å². The summed E-state index contributed by atoms with van der Waals surface area (Å²) in [7, 11) is -3.65. The molecule has 1 fully saturated rings. The molecule has 1 atom stereocenters. The zero-order valence-electron chi connectivity index (χ0n) is 10.5. The normalized spacial score (nSPS) is 24.5. The van der Waals surface area contributed by atoms with E-state index >= 15 is 0 Å². The highest BCUT2D eigenvalue weighted by molar-refractivity contribution is 7.89. The van der Waals surface area contributed by atoms with Crippen LogP contribution in [0.25, 0.3) is 0 Å². The number of sulfonamides is 1. The highest BCUT2D eigenvalue weighted by Gasteiger charge is 2.43. The van der Waals surface area contributed by atoms with E-state index in [9.17, 15) is 13.2 Å². The molecule has 104 valence electrons. The second kappa shape index (κ2) is 4.46. The van der Waals surface area contributed by atoms with Crippen LogP contribution >= 0.6 is 0 Å². The number of carbonyl (C=O) groups is 1. The molecule has 0 bridgehead atoms. The van der Waals surface area contributed by atoms with Crippen molar-refractivity contribution in [3.05, 3.63) is 18.3 Å². The van der Waals surface area contributed by atoms with E-state index in [1.807, 2.05) is 0 Å². The number of hydrogen-bond donors (Lipinski definition) is 2. The standard InChI is InChI=1S/C11H16N4O3S/c1-11(10(13)16)4-5-15(7-11)19(17,18)8-2-3-9(12)14-6-8/h2-3,6H,4-5,7H2,1H3,(H2,12,14)(H2,13,16). The number of carbonyl (C=O) groups excluding carboxylic acids is 1. The van der Waals surface area contributed by atoms with Crippen molar-refractivity contribution < 1.29 is 13.2 Å². The molecule has 1 saturated heterocycles. The van der Waals surface area contributed by atoms with E-state index in [0.29, 0.717) is 6.42 Å². The van der Waals surface area contributed by atoms with Crippen molar-refractivity contribution in [2.75, 3.05) is 18.8 Å². The van der Waals surface area contributed by atoms with Crippen LogP contribution in [0.5, 0.6) is 0 Å². The third kappa shape index (κ3) is 2.41. The Morgan fingerprint density at radius 1 is 1.47 bits per heavy atom. The van der Waals surface area contributed by atoms with Crippen LogP contribution in [0.4, 0.5) is 5.82 Å². The van der Waals surface area contributed by atoms with Crippen LogP contribution in [0.1, 0.15) is 13.3 Å². The minimum absolute atomic E-state index is 0.0652. The van der Waals surface area contributed by atoms with E-state index in [1.165, 1.54) is 22.6 Å². The first-order chi connectivity index (χ1) is 8.75. The maximum Gasteiger partial charge on any atom is 0.244 e. The van der Waals surface area contributed by atoms with E-state index in [-0.39, 0.29) is 23.8 Å². The molecule has 0 saturated carbocycles. The predicted molar refractivity (Wildman–Crippen MR) is 69.3 cm³/mol. The molecule has 19 heavy (non-hydrogen) atoms. The van der Waals surface area contributed by atoms with Crippen LogP contribution in [0.15, 0.2) is 23.2 Å². The van der Waals surface area contributed by atoms with E-state index in [0.717, 1.165) is 0 Å². The zero-order chi connectivity index (χ0) is 14.3. The van der Waals surface area contributed by atoms with Crippen LogP contribution in [0.3, 0.4) is 0 Å². The van der Waals surface area contributed by atoms with Crippen molar-refractivity contribution in [2.45, 2.75) is 18.2 Å². The van der Waals surface area contributed by atoms with Crippen molar-refractivity contribution in [3.63, 3.8) is 0 Å². The summed E-state index contributed by atoms with van der Waals surface area (Å²) >= 11 is 0. The Bertz CT molecular complexity index is 599. The van der Waals surface area contributed by atoms with Crippen LogP contribution in [0, 0.1) is 5.41 Å². The number of nitrogens with zero attached hydrogens (tertiary/aromatic N) is 2. The van der Waals surface area contributed by atoms with Crippen LogP contribution in [0.2, 0.25) is 0 Å². The molecule has 2 rings (SSSR count). The fourth-order valence-electron chi connectivity index (χ4n) is 2.02. The Hall–Kier alpha value is -1.67. The van der Waals surface area contributed by atoms with Gasteiger partial charge in [0.05, 0.1) is 5.41 Å². The fraction of sp³-hybridized carbons (Fsp3) is 0.455. The van der Waals surface area contributed by atoms with Crippen LogP contribution < -0.4 is 11.5 Å². The van der Waals surface area contributed by atoms with Gasteiger partial charge in [-0.15, -0.1) is 0 Å². The lowest BCUT2D eigenvalue weighted by molar-refractivity contribution is -0.126. The smallest absolute Gasteiger partial charge is 0.244 e. The number of aromatic nitrogens is 1. The molecule has 0 aliphatic carbocycles. The van der Waals surface area contributed by atoms with Gasteiger partial charge in [0.25, 0.3) is 0 Å². The van der Waals surface area contributed by atoms with Gasteiger partial charge in [0.15, 0.2) is 0 Å². The number of primary amides is 1. The maximum absolute atomic E-state index is 12.3. The predicted octanol–water partition coefficient (Wildman–Crippen LogP) is -0.450. The summed E-state index contributed by atoms with van der Waals surface area (Å²) in [5, 5.41) is 0. The Morgan fingerprint density at radius 3 is 2.63 bits per heavy atom. The summed E-state index contributed by atoms with van der Waals surface area (Å²) in [5.41, 5.74) is 9.92. The summed E-state index contributed by atoms with van der Waals surface area (Å²) < 4.78 is 26.0. The number of amides is 1. The molecule has 7 nitrogen and oxygen atoms in total. The minimum atomic E-state index is -3.65. The summed E-state index contributed by atoms with van der Waals surface area (Å²) in [4.78, 5) is 15.2. The lowest BCUT2D eigenvalue weighted by Crippen LogP contribution is -2.38. The number of anilines is 1. The van der Waals surface area contributed by atoms with Gasteiger partial charge in [-0.25, -0.2) is 13.4 Å². The molecule has 1 aliphatic rings. The van der Waals surface area contributed by atoms with Gasteiger partial charge < -0.3 is 11.5 Å². The molecular weight excluding hydrogens is 268 g/mol. The molecule has 1 aromatic rings. The number of nitrogen functional groups attached to an aromatic ring is 1. The molecular formula is C11H16N4O3S. The average Bonchev–Trinajstić information content (AvgIpc) is 2.75. The second-order valence-electron chi connectivity index (χ2n) is 4.93. The van der Waals surface area contributed by atoms with Gasteiger partial charge in [-0.1, -0.05) is 0 Å². The van der Waals surface area contributed by atoms with Gasteiger partial charge in [-0.05, 0) is 25.5 Å². The lowest BCUT2D eigenvalue weighted by Gasteiger charge is -2.20. The molecule has 4 N–H and O–H groups in total. The third-order valence-electron chi connectivity index (χ3n) is 3.43. The number of rotatable bonds is 3. The van der Waals surface area contributed by atoms with Gasteiger partial charge in [-0.3, -0.25) is 4.79 Å². The third-order valence-corrected chi connectivity index (χ3v) is 5.26. The average molecular weight is 284 g/mol. The van der Waals surface area contributed by atoms with E-state index in [1.54, 1.807) is 6.92 Å². The van der Waals surface area contributed by atoms with Crippen molar-refractivity contribution in [1.29, 1.82) is 0 Å². The minimum Gasteiger partial charge on any atom is -0.384 e. The first-order valence-corrected chi connectivity index (χ1v) is 7.21. The Kier molecular flexibility index (Phi) is 3.23. The topological polar surface area (TPSA) is 119 Å². The summed E-state index contributed by atoms with van der Waals surface area (Å²) in [6.45, 7) is 2.03. The van der Waals surface area contributed by atoms with Gasteiger partial charge in [-0.2, -0.15) is 4.31 Å². The Labute approximate surface area is 111 Å². The van der Waals surface area contributed by atoms with Crippen molar-refractivity contribution >= 4 is 21.7 Å².